The number of hydrogen-bond acceptors (Lipinski definition) is 4. The van der Waals surface area contributed by atoms with Crippen molar-refractivity contribution in [2.45, 2.75) is 26.0 Å². The van der Waals surface area contributed by atoms with Crippen molar-refractivity contribution in [3.8, 4) is 17.1 Å². The van der Waals surface area contributed by atoms with Gasteiger partial charge >= 0.3 is 0 Å². The zero-order chi connectivity index (χ0) is 15.8. The van der Waals surface area contributed by atoms with Gasteiger partial charge in [0.2, 0.25) is 0 Å². The monoisotopic (exact) mass is 306 g/mol. The molecule has 0 fully saturated rings. The summed E-state index contributed by atoms with van der Waals surface area (Å²) < 4.78 is 7.88. The summed E-state index contributed by atoms with van der Waals surface area (Å²) in [5.74, 6) is 2.40. The number of imidazole rings is 1. The number of fused-ring (bicyclic) bond motifs is 1. The number of benzene rings is 1. The molecule has 1 aliphatic rings. The van der Waals surface area contributed by atoms with Gasteiger partial charge in [0.25, 0.3) is 0 Å². The Morgan fingerprint density at radius 2 is 2.13 bits per heavy atom. The minimum Gasteiger partial charge on any atom is -0.490 e. The highest BCUT2D eigenvalue weighted by Gasteiger charge is 2.19. The van der Waals surface area contributed by atoms with Gasteiger partial charge in [0, 0.05) is 37.1 Å². The van der Waals surface area contributed by atoms with Gasteiger partial charge in [0.05, 0.1) is 0 Å². The topological polar surface area (TPSA) is 66.0 Å². The van der Waals surface area contributed by atoms with Gasteiger partial charge in [-0.05, 0) is 36.2 Å². The first-order chi connectivity index (χ1) is 11.2. The molecule has 4 rings (SSSR count). The van der Waals surface area contributed by atoms with Gasteiger partial charge in [-0.15, -0.1) is 0 Å². The Labute approximate surface area is 134 Å². The number of nitrogens with two attached hydrogens (primary N) is 1. The van der Waals surface area contributed by atoms with E-state index in [4.69, 9.17) is 10.5 Å². The number of rotatable bonds is 3. The fourth-order valence-corrected chi connectivity index (χ4v) is 3.05. The van der Waals surface area contributed by atoms with Gasteiger partial charge in [-0.3, -0.25) is 0 Å². The Morgan fingerprint density at radius 3 is 3.00 bits per heavy atom. The maximum absolute atomic E-state index is 5.78. The number of nitrogens with zero attached hydrogens (tertiary/aromatic N) is 3. The molecule has 1 atom stereocenters. The summed E-state index contributed by atoms with van der Waals surface area (Å²) in [6.07, 6.45) is 6.74. The van der Waals surface area contributed by atoms with E-state index in [2.05, 4.69) is 39.7 Å². The fourth-order valence-electron chi connectivity index (χ4n) is 3.05. The van der Waals surface area contributed by atoms with Crippen LogP contribution in [0.3, 0.4) is 0 Å². The third kappa shape index (κ3) is 2.65. The van der Waals surface area contributed by atoms with Crippen LogP contribution in [-0.4, -0.2) is 20.6 Å². The molecule has 116 valence electrons. The first kappa shape index (κ1) is 13.8. The van der Waals surface area contributed by atoms with Crippen LogP contribution in [0.25, 0.3) is 11.4 Å². The second-order valence-electron chi connectivity index (χ2n) is 5.92. The lowest BCUT2D eigenvalue weighted by Gasteiger charge is -2.09. The number of anilines is 1. The predicted molar refractivity (Wildman–Crippen MR) is 89.2 cm³/mol. The molecule has 0 bridgehead atoms. The second-order valence-corrected chi connectivity index (χ2v) is 5.92. The van der Waals surface area contributed by atoms with Gasteiger partial charge < -0.3 is 15.0 Å². The smallest absolute Gasteiger partial charge is 0.140 e. The largest absolute Gasteiger partial charge is 0.490 e. The van der Waals surface area contributed by atoms with E-state index in [9.17, 15) is 0 Å². The maximum atomic E-state index is 5.78. The quantitative estimate of drug-likeness (QED) is 0.808. The molecular weight excluding hydrogens is 288 g/mol. The lowest BCUT2D eigenvalue weighted by molar-refractivity contribution is 0.254. The summed E-state index contributed by atoms with van der Waals surface area (Å²) in [5, 5.41) is 0. The Morgan fingerprint density at radius 1 is 1.22 bits per heavy atom. The van der Waals surface area contributed by atoms with E-state index < -0.39 is 0 Å². The van der Waals surface area contributed by atoms with Crippen molar-refractivity contribution in [3.05, 3.63) is 60.0 Å². The van der Waals surface area contributed by atoms with Gasteiger partial charge in [-0.25, -0.2) is 9.97 Å². The minimum atomic E-state index is 0.267. The molecule has 0 saturated carbocycles. The molecule has 0 amide bonds. The molecule has 0 aliphatic carbocycles. The molecule has 0 spiro atoms. The maximum Gasteiger partial charge on any atom is 0.140 e. The number of aromatic nitrogens is 3. The van der Waals surface area contributed by atoms with Crippen molar-refractivity contribution in [3.63, 3.8) is 0 Å². The Bertz CT molecular complexity index is 856. The SMILES string of the molecule is CC1Cc2cc(Cn3ccnc3-c3ccnc(N)c3)ccc2O1. The Kier molecular flexibility index (Phi) is 3.26. The van der Waals surface area contributed by atoms with E-state index in [1.165, 1.54) is 11.1 Å². The normalized spacial score (nSPS) is 16.1. The summed E-state index contributed by atoms with van der Waals surface area (Å²) in [6, 6.07) is 10.2. The molecule has 2 aromatic heterocycles. The average molecular weight is 306 g/mol. The highest BCUT2D eigenvalue weighted by Crippen LogP contribution is 2.30. The highest BCUT2D eigenvalue weighted by atomic mass is 16.5. The van der Waals surface area contributed by atoms with Crippen LogP contribution in [0, 0.1) is 0 Å². The molecule has 0 radical (unpaired) electrons. The number of hydrogen-bond donors (Lipinski definition) is 1. The third-order valence-electron chi connectivity index (χ3n) is 4.07. The molecule has 3 aromatic rings. The van der Waals surface area contributed by atoms with Crippen LogP contribution in [0.5, 0.6) is 5.75 Å². The molecule has 2 N–H and O–H groups in total. The highest BCUT2D eigenvalue weighted by molar-refractivity contribution is 5.59. The van der Waals surface area contributed by atoms with Crippen LogP contribution in [0.2, 0.25) is 0 Å². The van der Waals surface area contributed by atoms with Crippen molar-refractivity contribution < 1.29 is 4.74 Å². The first-order valence-electron chi connectivity index (χ1n) is 7.70. The van der Waals surface area contributed by atoms with E-state index in [-0.39, 0.29) is 6.10 Å². The average Bonchev–Trinajstić information content (AvgIpc) is 3.12. The summed E-state index contributed by atoms with van der Waals surface area (Å²) in [6.45, 7) is 2.86. The summed E-state index contributed by atoms with van der Waals surface area (Å²) in [4.78, 5) is 8.50. The zero-order valence-electron chi connectivity index (χ0n) is 12.9. The predicted octanol–water partition coefficient (Wildman–Crippen LogP) is 2.90. The molecule has 0 saturated heterocycles. The van der Waals surface area contributed by atoms with Crippen LogP contribution in [0.4, 0.5) is 5.82 Å². The van der Waals surface area contributed by atoms with Crippen molar-refractivity contribution in [2.75, 3.05) is 5.73 Å². The molecule has 5 heteroatoms. The first-order valence-corrected chi connectivity index (χ1v) is 7.70. The molecule has 1 aromatic carbocycles. The summed E-state index contributed by atoms with van der Waals surface area (Å²) in [5.41, 5.74) is 9.27. The number of nitrogen functional groups attached to an aromatic ring is 1. The van der Waals surface area contributed by atoms with Crippen LogP contribution in [-0.2, 0) is 13.0 Å². The van der Waals surface area contributed by atoms with Gasteiger partial charge in [-0.1, -0.05) is 12.1 Å². The zero-order valence-corrected chi connectivity index (χ0v) is 12.9. The van der Waals surface area contributed by atoms with E-state index in [0.29, 0.717) is 5.82 Å². The minimum absolute atomic E-state index is 0.267. The lowest BCUT2D eigenvalue weighted by atomic mass is 10.1. The molecule has 5 nitrogen and oxygen atoms in total. The van der Waals surface area contributed by atoms with Crippen LogP contribution < -0.4 is 10.5 Å². The Hall–Kier alpha value is -2.82. The van der Waals surface area contributed by atoms with E-state index in [1.54, 1.807) is 6.20 Å². The fraction of sp³-hybridized carbons (Fsp3) is 0.222. The standard InChI is InChI=1S/C18H18N4O/c1-12-8-15-9-13(2-3-16(15)23-12)11-22-7-6-21-18(22)14-4-5-20-17(19)10-14/h2-7,9-10,12H,8,11H2,1H3,(H2,19,20). The summed E-state index contributed by atoms with van der Waals surface area (Å²) >= 11 is 0. The van der Waals surface area contributed by atoms with Crippen molar-refractivity contribution >= 4 is 5.82 Å². The molecule has 1 unspecified atom stereocenters. The van der Waals surface area contributed by atoms with Crippen LogP contribution in [0.1, 0.15) is 18.1 Å². The lowest BCUT2D eigenvalue weighted by Crippen LogP contribution is -2.05. The van der Waals surface area contributed by atoms with E-state index >= 15 is 0 Å². The molecule has 23 heavy (non-hydrogen) atoms. The van der Waals surface area contributed by atoms with Crippen molar-refractivity contribution in [2.24, 2.45) is 0 Å². The van der Waals surface area contributed by atoms with Gasteiger partial charge in [0.1, 0.15) is 23.5 Å². The number of ether oxygens (including phenoxy) is 1. The third-order valence-corrected chi connectivity index (χ3v) is 4.07. The number of pyridine rings is 1. The van der Waals surface area contributed by atoms with Gasteiger partial charge in [0.15, 0.2) is 0 Å². The van der Waals surface area contributed by atoms with Crippen LogP contribution >= 0.6 is 0 Å². The Balaban J connectivity index is 1.64. The summed E-state index contributed by atoms with van der Waals surface area (Å²) in [7, 11) is 0. The second kappa shape index (κ2) is 5.43. The molecule has 1 aliphatic heterocycles. The molecule has 3 heterocycles. The van der Waals surface area contributed by atoms with Crippen molar-refractivity contribution in [1.29, 1.82) is 0 Å². The van der Waals surface area contributed by atoms with Crippen LogP contribution in [0.15, 0.2) is 48.9 Å². The van der Waals surface area contributed by atoms with Crippen molar-refractivity contribution in [1.82, 2.24) is 14.5 Å². The van der Waals surface area contributed by atoms with E-state index in [0.717, 1.165) is 30.1 Å². The van der Waals surface area contributed by atoms with E-state index in [1.807, 2.05) is 24.5 Å². The molecular formula is C18H18N4O. The van der Waals surface area contributed by atoms with Gasteiger partial charge in [-0.2, -0.15) is 0 Å².